The molecule has 1 aromatic heterocycles. The van der Waals surface area contributed by atoms with Gasteiger partial charge in [0.05, 0.1) is 22.2 Å². The summed E-state index contributed by atoms with van der Waals surface area (Å²) in [5.74, 6) is -0.133. The van der Waals surface area contributed by atoms with E-state index in [1.54, 1.807) is 25.1 Å². The van der Waals surface area contributed by atoms with Crippen LogP contribution in [0.4, 0.5) is 24.8 Å². The molecule has 2 N–H and O–H groups in total. The number of halogens is 3. The maximum atomic E-state index is 13.2. The normalized spacial score (nSPS) is 18.5. The van der Waals surface area contributed by atoms with Crippen molar-refractivity contribution < 1.29 is 26.3 Å². The highest BCUT2D eigenvalue weighted by Gasteiger charge is 2.31. The summed E-state index contributed by atoms with van der Waals surface area (Å²) in [5, 5.41) is 3.22. The van der Waals surface area contributed by atoms with Crippen LogP contribution in [-0.2, 0) is 16.2 Å². The lowest BCUT2D eigenvalue weighted by Gasteiger charge is -2.28. The molecule has 0 aliphatic carbocycles. The predicted molar refractivity (Wildman–Crippen MR) is 142 cm³/mol. The van der Waals surface area contributed by atoms with Gasteiger partial charge in [0.25, 0.3) is 10.0 Å². The van der Waals surface area contributed by atoms with Crippen molar-refractivity contribution in [1.29, 1.82) is 0 Å². The van der Waals surface area contributed by atoms with E-state index in [0.717, 1.165) is 28.8 Å². The van der Waals surface area contributed by atoms with Gasteiger partial charge in [-0.1, -0.05) is 36.4 Å². The summed E-state index contributed by atoms with van der Waals surface area (Å²) in [4.78, 5) is 8.81. The molecule has 0 saturated heterocycles. The molecular formula is C28H25F3N4O3S. The molecule has 1 aliphatic rings. The number of hydrogen-bond donors (Lipinski definition) is 2. The minimum absolute atomic E-state index is 0.00472. The highest BCUT2D eigenvalue weighted by atomic mass is 32.2. The molecule has 3 aromatic carbocycles. The fourth-order valence-electron chi connectivity index (χ4n) is 4.60. The van der Waals surface area contributed by atoms with Crippen LogP contribution in [0.25, 0.3) is 11.3 Å². The number of sulfonamides is 1. The quantitative estimate of drug-likeness (QED) is 0.293. The summed E-state index contributed by atoms with van der Waals surface area (Å²) >= 11 is 0. The van der Waals surface area contributed by atoms with E-state index in [-0.39, 0.29) is 16.7 Å². The van der Waals surface area contributed by atoms with Crippen molar-refractivity contribution in [3.63, 3.8) is 0 Å². The number of hydrogen-bond acceptors (Lipinski definition) is 6. The Balaban J connectivity index is 1.68. The molecule has 4 aromatic rings. The molecule has 2 heterocycles. The fraction of sp³-hybridized carbons (Fsp3) is 0.214. The largest absolute Gasteiger partial charge is 0.467 e. The van der Waals surface area contributed by atoms with Crippen molar-refractivity contribution >= 4 is 21.7 Å². The van der Waals surface area contributed by atoms with Crippen LogP contribution in [0.2, 0.25) is 0 Å². The Kier molecular flexibility index (Phi) is 6.71. The van der Waals surface area contributed by atoms with Crippen LogP contribution in [0.15, 0.2) is 77.7 Å². The average Bonchev–Trinajstić information content (AvgIpc) is 2.86. The zero-order chi connectivity index (χ0) is 27.9. The zero-order valence-electron chi connectivity index (χ0n) is 21.2. The molecule has 0 unspecified atom stereocenters. The lowest BCUT2D eigenvalue weighted by Crippen LogP contribution is -2.29. The van der Waals surface area contributed by atoms with Gasteiger partial charge in [-0.15, -0.1) is 0 Å². The first-order valence-electron chi connectivity index (χ1n) is 12.1. The van der Waals surface area contributed by atoms with Crippen molar-refractivity contribution in [1.82, 2.24) is 9.97 Å². The Labute approximate surface area is 224 Å². The van der Waals surface area contributed by atoms with Gasteiger partial charge in [0.1, 0.15) is 6.10 Å². The van der Waals surface area contributed by atoms with E-state index in [2.05, 4.69) is 20.0 Å². The number of aryl methyl sites for hydroxylation is 2. The van der Waals surface area contributed by atoms with Gasteiger partial charge >= 0.3 is 6.18 Å². The predicted octanol–water partition coefficient (Wildman–Crippen LogP) is 6.51. The summed E-state index contributed by atoms with van der Waals surface area (Å²) in [5.41, 5.74) is 3.25. The monoisotopic (exact) mass is 554 g/mol. The maximum absolute atomic E-state index is 13.2. The summed E-state index contributed by atoms with van der Waals surface area (Å²) < 4.78 is 74.8. The molecule has 0 spiro atoms. The summed E-state index contributed by atoms with van der Waals surface area (Å²) in [6.45, 7) is 5.62. The van der Waals surface area contributed by atoms with E-state index in [4.69, 9.17) is 4.74 Å². The molecule has 7 nitrogen and oxygen atoms in total. The van der Waals surface area contributed by atoms with E-state index in [1.165, 1.54) is 24.3 Å². The first-order chi connectivity index (χ1) is 18.4. The number of rotatable bonds is 2. The summed E-state index contributed by atoms with van der Waals surface area (Å²) in [6.07, 6.45) is -5.27. The Bertz CT molecular complexity index is 1620. The third kappa shape index (κ3) is 5.53. The molecule has 4 bridgehead atoms. The third-order valence-corrected chi connectivity index (χ3v) is 7.80. The number of benzene rings is 3. The van der Waals surface area contributed by atoms with Crippen LogP contribution in [0.1, 0.15) is 35.3 Å². The van der Waals surface area contributed by atoms with Crippen LogP contribution in [0.3, 0.4) is 0 Å². The van der Waals surface area contributed by atoms with E-state index < -0.39 is 33.9 Å². The Hall–Kier alpha value is -4.12. The first-order valence-corrected chi connectivity index (χ1v) is 13.6. The van der Waals surface area contributed by atoms with Crippen molar-refractivity contribution in [3.05, 3.63) is 95.1 Å². The van der Waals surface area contributed by atoms with Gasteiger partial charge in [0.2, 0.25) is 11.8 Å². The molecule has 5 rings (SSSR count). The van der Waals surface area contributed by atoms with Crippen LogP contribution in [-0.4, -0.2) is 24.4 Å². The molecule has 0 amide bonds. The number of aromatic nitrogens is 2. The molecule has 11 heteroatoms. The van der Waals surface area contributed by atoms with Crippen LogP contribution in [0.5, 0.6) is 5.88 Å². The second-order valence-corrected chi connectivity index (χ2v) is 11.1. The number of alkyl halides is 3. The van der Waals surface area contributed by atoms with Gasteiger partial charge in [-0.3, -0.25) is 0 Å². The smallest absolute Gasteiger partial charge is 0.416 e. The number of fused-ring (bicyclic) bond motifs is 4. The van der Waals surface area contributed by atoms with Gasteiger partial charge in [-0.25, -0.2) is 18.1 Å². The van der Waals surface area contributed by atoms with Gasteiger partial charge in [0.15, 0.2) is 0 Å². The van der Waals surface area contributed by atoms with E-state index in [9.17, 15) is 21.6 Å². The SMILES string of the molecule is Cc1cccc(C)c1-c1cc2nc(n1)NS(=O)(=O)c1cccc(c1)N[C@H](C)[C@@H](c1ccc(C(F)(F)F)cc1)O2. The fourth-order valence-corrected chi connectivity index (χ4v) is 5.59. The Morgan fingerprint density at radius 2 is 1.56 bits per heavy atom. The minimum Gasteiger partial charge on any atom is -0.467 e. The highest BCUT2D eigenvalue weighted by molar-refractivity contribution is 7.92. The molecular weight excluding hydrogens is 529 g/mol. The highest BCUT2D eigenvalue weighted by Crippen LogP contribution is 2.35. The van der Waals surface area contributed by atoms with Crippen molar-refractivity contribution in [2.24, 2.45) is 0 Å². The topological polar surface area (TPSA) is 93.2 Å². The van der Waals surface area contributed by atoms with E-state index in [0.29, 0.717) is 16.9 Å². The van der Waals surface area contributed by atoms with Crippen LogP contribution in [0, 0.1) is 13.8 Å². The van der Waals surface area contributed by atoms with Crippen molar-refractivity contribution in [3.8, 4) is 17.1 Å². The molecule has 0 radical (unpaired) electrons. The summed E-state index contributed by atoms with van der Waals surface area (Å²) in [7, 11) is -4.05. The van der Waals surface area contributed by atoms with E-state index in [1.807, 2.05) is 32.0 Å². The molecule has 39 heavy (non-hydrogen) atoms. The van der Waals surface area contributed by atoms with E-state index >= 15 is 0 Å². The van der Waals surface area contributed by atoms with Crippen LogP contribution < -0.4 is 14.8 Å². The van der Waals surface area contributed by atoms with Gasteiger partial charge in [-0.05, 0) is 67.8 Å². The average molecular weight is 555 g/mol. The minimum atomic E-state index is -4.48. The second-order valence-electron chi connectivity index (χ2n) is 9.41. The molecule has 0 fully saturated rings. The number of anilines is 2. The molecule has 1 aliphatic heterocycles. The zero-order valence-corrected chi connectivity index (χ0v) is 22.1. The van der Waals surface area contributed by atoms with Crippen LogP contribution >= 0.6 is 0 Å². The Morgan fingerprint density at radius 3 is 2.23 bits per heavy atom. The third-order valence-electron chi connectivity index (χ3n) is 6.47. The lowest BCUT2D eigenvalue weighted by molar-refractivity contribution is -0.137. The molecule has 2 atom stereocenters. The second kappa shape index (κ2) is 9.88. The standard InChI is InChI=1S/C28H25F3N4O3S/c1-16-6-4-7-17(2)25(16)23-15-24-34-27(33-23)35-39(36,37)22-9-5-8-21(14-22)32-18(3)26(38-24)19-10-12-20(13-11-19)28(29,30)31/h4-15,18,26,32H,1-3H3,(H,33,34,35)/t18-,26+/m1/s1. The van der Waals surface area contributed by atoms with Gasteiger partial charge in [-0.2, -0.15) is 18.2 Å². The number of ether oxygens (including phenoxy) is 1. The lowest BCUT2D eigenvalue weighted by atomic mass is 9.99. The molecule has 0 saturated carbocycles. The first kappa shape index (κ1) is 26.5. The molecule has 202 valence electrons. The Morgan fingerprint density at radius 1 is 0.897 bits per heavy atom. The number of nitrogens with zero attached hydrogens (tertiary/aromatic N) is 2. The van der Waals surface area contributed by atoms with Gasteiger partial charge in [0, 0.05) is 17.3 Å². The van der Waals surface area contributed by atoms with Crippen molar-refractivity contribution in [2.75, 3.05) is 10.0 Å². The van der Waals surface area contributed by atoms with Crippen molar-refractivity contribution in [2.45, 2.75) is 44.0 Å². The summed E-state index contributed by atoms with van der Waals surface area (Å²) in [6, 6.07) is 17.8. The van der Waals surface area contributed by atoms with Gasteiger partial charge < -0.3 is 10.1 Å². The number of nitrogens with one attached hydrogen (secondary N) is 2. The maximum Gasteiger partial charge on any atom is 0.416 e.